The van der Waals surface area contributed by atoms with Crippen molar-refractivity contribution in [1.82, 2.24) is 9.97 Å². The van der Waals surface area contributed by atoms with Gasteiger partial charge in [-0.2, -0.15) is 10.2 Å². The van der Waals surface area contributed by atoms with Crippen LogP contribution >= 0.6 is 15.9 Å². The van der Waals surface area contributed by atoms with Crippen molar-refractivity contribution in [3.05, 3.63) is 40.2 Å². The van der Waals surface area contributed by atoms with E-state index in [0.717, 1.165) is 6.20 Å². The predicted octanol–water partition coefficient (Wildman–Crippen LogP) is 2.58. The van der Waals surface area contributed by atoms with Gasteiger partial charge in [0.15, 0.2) is 11.6 Å². The summed E-state index contributed by atoms with van der Waals surface area (Å²) in [6.07, 6.45) is 0.988. The number of hydrogen-bond acceptors (Lipinski definition) is 5. The zero-order chi connectivity index (χ0) is 13.1. The van der Waals surface area contributed by atoms with E-state index in [9.17, 15) is 4.39 Å². The van der Waals surface area contributed by atoms with Crippen LogP contribution in [0.3, 0.4) is 0 Å². The molecule has 18 heavy (non-hydrogen) atoms. The van der Waals surface area contributed by atoms with Crippen LogP contribution in [0.25, 0.3) is 0 Å². The average molecular weight is 308 g/mol. The van der Waals surface area contributed by atoms with E-state index >= 15 is 0 Å². The summed E-state index contributed by atoms with van der Waals surface area (Å²) in [5.74, 6) is -0.656. The Kier molecular flexibility index (Phi) is 3.39. The molecule has 0 radical (unpaired) electrons. The highest BCUT2D eigenvalue weighted by molar-refractivity contribution is 9.10. The van der Waals surface area contributed by atoms with E-state index in [4.69, 9.17) is 11.0 Å². The zero-order valence-electron chi connectivity index (χ0n) is 8.98. The van der Waals surface area contributed by atoms with Crippen molar-refractivity contribution in [1.29, 1.82) is 5.26 Å². The lowest BCUT2D eigenvalue weighted by atomic mass is 10.2. The van der Waals surface area contributed by atoms with Gasteiger partial charge < -0.3 is 11.1 Å². The second-order valence-corrected chi connectivity index (χ2v) is 4.21. The average Bonchev–Trinajstić information content (AvgIpc) is 2.36. The second kappa shape index (κ2) is 4.98. The standard InChI is InChI=1S/C11H7BrFN5/c12-7-3-6(4-14)1-2-9(7)17-10-8(13)5-16-11(15)18-10/h1-3,5H,(H3,15,16,17,18). The maximum absolute atomic E-state index is 13.4. The first-order valence-electron chi connectivity index (χ1n) is 4.85. The van der Waals surface area contributed by atoms with Crippen molar-refractivity contribution in [2.24, 2.45) is 0 Å². The van der Waals surface area contributed by atoms with Crippen LogP contribution in [0.4, 0.5) is 21.8 Å². The molecule has 0 bridgehead atoms. The number of nitrogen functional groups attached to an aromatic ring is 1. The molecule has 1 aromatic carbocycles. The largest absolute Gasteiger partial charge is 0.368 e. The van der Waals surface area contributed by atoms with Crippen molar-refractivity contribution in [2.45, 2.75) is 0 Å². The lowest BCUT2D eigenvalue weighted by Gasteiger charge is -2.08. The lowest BCUT2D eigenvalue weighted by molar-refractivity contribution is 0.620. The summed E-state index contributed by atoms with van der Waals surface area (Å²) in [6.45, 7) is 0. The van der Waals surface area contributed by atoms with Gasteiger partial charge in [0, 0.05) is 4.47 Å². The molecule has 2 rings (SSSR count). The molecule has 0 amide bonds. The molecule has 0 unspecified atom stereocenters. The minimum Gasteiger partial charge on any atom is -0.368 e. The Hall–Kier alpha value is -2.20. The van der Waals surface area contributed by atoms with Crippen molar-refractivity contribution < 1.29 is 4.39 Å². The third kappa shape index (κ3) is 2.55. The number of nitrogens with zero attached hydrogens (tertiary/aromatic N) is 3. The number of nitrogens with two attached hydrogens (primary N) is 1. The fourth-order valence-corrected chi connectivity index (χ4v) is 1.76. The fraction of sp³-hybridized carbons (Fsp3) is 0. The van der Waals surface area contributed by atoms with Crippen LogP contribution in [0.5, 0.6) is 0 Å². The molecule has 0 atom stereocenters. The Morgan fingerprint density at radius 3 is 2.89 bits per heavy atom. The number of rotatable bonds is 2. The summed E-state index contributed by atoms with van der Waals surface area (Å²) in [6, 6.07) is 6.86. The molecule has 0 aliphatic rings. The van der Waals surface area contributed by atoms with E-state index in [1.165, 1.54) is 0 Å². The number of aromatic nitrogens is 2. The van der Waals surface area contributed by atoms with Crippen molar-refractivity contribution in [3.63, 3.8) is 0 Å². The molecule has 0 saturated heterocycles. The third-order valence-electron chi connectivity index (χ3n) is 2.11. The van der Waals surface area contributed by atoms with E-state index in [1.807, 2.05) is 6.07 Å². The molecule has 0 fully saturated rings. The van der Waals surface area contributed by atoms with E-state index in [-0.39, 0.29) is 11.8 Å². The number of nitrogens with one attached hydrogen (secondary N) is 1. The number of nitriles is 1. The SMILES string of the molecule is N#Cc1ccc(Nc2nc(N)ncc2F)c(Br)c1. The van der Waals surface area contributed by atoms with Crippen LogP contribution in [-0.2, 0) is 0 Å². The van der Waals surface area contributed by atoms with Crippen LogP contribution in [0, 0.1) is 17.1 Å². The Morgan fingerprint density at radius 1 is 1.44 bits per heavy atom. The van der Waals surface area contributed by atoms with Gasteiger partial charge in [0.1, 0.15) is 0 Å². The van der Waals surface area contributed by atoms with E-state index < -0.39 is 5.82 Å². The van der Waals surface area contributed by atoms with Crippen LogP contribution in [-0.4, -0.2) is 9.97 Å². The minimum absolute atomic E-state index is 0.0205. The number of halogens is 2. The molecule has 0 saturated carbocycles. The van der Waals surface area contributed by atoms with Crippen molar-refractivity contribution in [2.75, 3.05) is 11.1 Å². The predicted molar refractivity (Wildman–Crippen MR) is 68.5 cm³/mol. The Morgan fingerprint density at radius 2 is 2.22 bits per heavy atom. The quantitative estimate of drug-likeness (QED) is 0.890. The summed E-state index contributed by atoms with van der Waals surface area (Å²) in [7, 11) is 0. The molecule has 0 spiro atoms. The zero-order valence-corrected chi connectivity index (χ0v) is 10.6. The van der Waals surface area contributed by atoms with E-state index in [2.05, 4.69) is 31.2 Å². The van der Waals surface area contributed by atoms with Gasteiger partial charge in [-0.3, -0.25) is 0 Å². The highest BCUT2D eigenvalue weighted by atomic mass is 79.9. The normalized spacial score (nSPS) is 9.83. The van der Waals surface area contributed by atoms with Crippen LogP contribution in [0.1, 0.15) is 5.56 Å². The van der Waals surface area contributed by atoms with Gasteiger partial charge in [0.25, 0.3) is 0 Å². The summed E-state index contributed by atoms with van der Waals surface area (Å²) in [5.41, 5.74) is 6.45. The molecular formula is C11H7BrFN5. The van der Waals surface area contributed by atoms with Gasteiger partial charge in [0.2, 0.25) is 5.95 Å². The molecule has 0 aliphatic carbocycles. The molecule has 1 heterocycles. The first kappa shape index (κ1) is 12.3. The first-order chi connectivity index (χ1) is 8.60. The van der Waals surface area contributed by atoms with Crippen molar-refractivity contribution in [3.8, 4) is 6.07 Å². The minimum atomic E-state index is -0.611. The molecular weight excluding hydrogens is 301 g/mol. The molecule has 5 nitrogen and oxygen atoms in total. The summed E-state index contributed by atoms with van der Waals surface area (Å²) in [4.78, 5) is 7.27. The molecule has 1 aromatic heterocycles. The van der Waals surface area contributed by atoms with E-state index in [0.29, 0.717) is 15.7 Å². The van der Waals surface area contributed by atoms with E-state index in [1.54, 1.807) is 18.2 Å². The molecule has 2 aromatic rings. The smallest absolute Gasteiger partial charge is 0.222 e. The molecule has 0 aliphatic heterocycles. The van der Waals surface area contributed by atoms with Crippen molar-refractivity contribution >= 4 is 33.4 Å². The van der Waals surface area contributed by atoms with Crippen LogP contribution < -0.4 is 11.1 Å². The number of hydrogen-bond donors (Lipinski definition) is 2. The Bertz CT molecular complexity index is 638. The number of benzene rings is 1. The molecule has 90 valence electrons. The molecule has 3 N–H and O–H groups in total. The van der Waals surface area contributed by atoms with Gasteiger partial charge in [-0.15, -0.1) is 0 Å². The highest BCUT2D eigenvalue weighted by Crippen LogP contribution is 2.27. The van der Waals surface area contributed by atoms with Gasteiger partial charge in [0.05, 0.1) is 23.5 Å². The highest BCUT2D eigenvalue weighted by Gasteiger charge is 2.08. The van der Waals surface area contributed by atoms with Crippen LogP contribution in [0.2, 0.25) is 0 Å². The first-order valence-corrected chi connectivity index (χ1v) is 5.64. The summed E-state index contributed by atoms with van der Waals surface area (Å²) < 4.78 is 14.0. The topological polar surface area (TPSA) is 87.6 Å². The Balaban J connectivity index is 2.34. The van der Waals surface area contributed by atoms with Crippen LogP contribution in [0.15, 0.2) is 28.9 Å². The number of anilines is 3. The summed E-state index contributed by atoms with van der Waals surface area (Å²) in [5, 5.41) is 11.5. The lowest BCUT2D eigenvalue weighted by Crippen LogP contribution is -2.02. The summed E-state index contributed by atoms with van der Waals surface area (Å²) >= 11 is 3.28. The van der Waals surface area contributed by atoms with Gasteiger partial charge >= 0.3 is 0 Å². The maximum Gasteiger partial charge on any atom is 0.222 e. The second-order valence-electron chi connectivity index (χ2n) is 3.36. The fourth-order valence-electron chi connectivity index (χ4n) is 1.28. The molecule has 7 heteroatoms. The maximum atomic E-state index is 13.4. The van der Waals surface area contributed by atoms with Gasteiger partial charge in [-0.1, -0.05) is 0 Å². The monoisotopic (exact) mass is 307 g/mol. The Labute approximate surface area is 111 Å². The third-order valence-corrected chi connectivity index (χ3v) is 2.77. The van der Waals surface area contributed by atoms with Gasteiger partial charge in [-0.25, -0.2) is 9.37 Å². The van der Waals surface area contributed by atoms with Gasteiger partial charge in [-0.05, 0) is 34.1 Å².